The maximum Gasteiger partial charge on any atom is 0.226 e. The van der Waals surface area contributed by atoms with Gasteiger partial charge in [0.1, 0.15) is 17.3 Å². The molecule has 0 amide bonds. The van der Waals surface area contributed by atoms with Crippen molar-refractivity contribution in [1.82, 2.24) is 4.98 Å². The highest BCUT2D eigenvalue weighted by atomic mass is 32.2. The molecule has 30 heavy (non-hydrogen) atoms. The second-order valence-corrected chi connectivity index (χ2v) is 9.86. The number of oxazole rings is 1. The second-order valence-electron chi connectivity index (χ2n) is 7.80. The quantitative estimate of drug-likeness (QED) is 0.493. The van der Waals surface area contributed by atoms with Crippen LogP contribution in [0.1, 0.15) is 41.0 Å². The number of aryl methyl sites for hydroxylation is 4. The van der Waals surface area contributed by atoms with Crippen LogP contribution in [0, 0.1) is 20.8 Å². The van der Waals surface area contributed by atoms with Crippen LogP contribution in [-0.4, -0.2) is 24.9 Å². The van der Waals surface area contributed by atoms with Crippen LogP contribution in [0.4, 0.5) is 0 Å². The van der Waals surface area contributed by atoms with E-state index in [9.17, 15) is 13.2 Å². The van der Waals surface area contributed by atoms with Gasteiger partial charge in [0.25, 0.3) is 0 Å². The summed E-state index contributed by atoms with van der Waals surface area (Å²) in [5.74, 6) is -0.171. The van der Waals surface area contributed by atoms with Crippen molar-refractivity contribution in [3.8, 4) is 11.5 Å². The van der Waals surface area contributed by atoms with Gasteiger partial charge in [-0.15, -0.1) is 0 Å². The first-order valence-electron chi connectivity index (χ1n) is 10.0. The number of Topliss-reactive ketones (excluding diaryl/α,β-unsaturated/α-hetero) is 1. The zero-order valence-corrected chi connectivity index (χ0v) is 18.5. The normalized spacial score (nSPS) is 11.6. The number of hydrogen-bond acceptors (Lipinski definition) is 5. The van der Waals surface area contributed by atoms with Gasteiger partial charge < -0.3 is 4.42 Å². The monoisotopic (exact) mass is 425 g/mol. The van der Waals surface area contributed by atoms with Crippen LogP contribution < -0.4 is 0 Å². The molecule has 0 saturated heterocycles. The molecule has 0 N–H and O–H groups in total. The van der Waals surface area contributed by atoms with Crippen LogP contribution in [0.25, 0.3) is 11.5 Å². The molecule has 5 nitrogen and oxygen atoms in total. The lowest BCUT2D eigenvalue weighted by Gasteiger charge is -2.04. The molecule has 0 atom stereocenters. The van der Waals surface area contributed by atoms with Gasteiger partial charge in [0, 0.05) is 12.0 Å². The van der Waals surface area contributed by atoms with Gasteiger partial charge in [-0.3, -0.25) is 4.79 Å². The predicted molar refractivity (Wildman–Crippen MR) is 118 cm³/mol. The lowest BCUT2D eigenvalue weighted by atomic mass is 10.1. The Morgan fingerprint density at radius 2 is 1.53 bits per heavy atom. The Balaban J connectivity index is 1.56. The third-order valence-corrected chi connectivity index (χ3v) is 6.45. The molecule has 3 aromatic rings. The van der Waals surface area contributed by atoms with Crippen molar-refractivity contribution in [2.75, 3.05) is 5.75 Å². The molecule has 1 aromatic heterocycles. The highest BCUT2D eigenvalue weighted by molar-refractivity contribution is 7.91. The highest BCUT2D eigenvalue weighted by Gasteiger charge is 2.22. The van der Waals surface area contributed by atoms with Crippen LogP contribution in [-0.2, 0) is 26.8 Å². The molecule has 2 aromatic carbocycles. The fraction of sp³-hybridized carbons (Fsp3) is 0.333. The average molecular weight is 426 g/mol. The van der Waals surface area contributed by atoms with E-state index in [-0.39, 0.29) is 18.0 Å². The van der Waals surface area contributed by atoms with Crippen molar-refractivity contribution in [2.45, 2.75) is 45.8 Å². The lowest BCUT2D eigenvalue weighted by Crippen LogP contribution is -2.18. The molecule has 0 unspecified atom stereocenters. The maximum atomic E-state index is 12.5. The van der Waals surface area contributed by atoms with Crippen LogP contribution in [0.15, 0.2) is 52.9 Å². The van der Waals surface area contributed by atoms with E-state index in [1.807, 2.05) is 62.4 Å². The summed E-state index contributed by atoms with van der Waals surface area (Å²) in [4.78, 5) is 16.6. The molecule has 1 heterocycles. The van der Waals surface area contributed by atoms with Crippen molar-refractivity contribution in [3.63, 3.8) is 0 Å². The Kier molecular flexibility index (Phi) is 6.87. The minimum atomic E-state index is -3.60. The van der Waals surface area contributed by atoms with Gasteiger partial charge in [0.15, 0.2) is 9.84 Å². The van der Waals surface area contributed by atoms with Gasteiger partial charge in [-0.1, -0.05) is 47.5 Å². The number of carbonyl (C=O) groups is 1. The number of nitrogens with zero attached hydrogens (tertiary/aromatic N) is 1. The fourth-order valence-electron chi connectivity index (χ4n) is 3.20. The minimum Gasteiger partial charge on any atom is -0.441 e. The molecule has 0 spiro atoms. The standard InChI is InChI=1S/C24H27NO4S/c1-17-7-11-20(12-8-17)5-4-6-22(26)15-30(27,28)16-23-19(3)29-24(25-23)21-13-9-18(2)10-14-21/h7-14H,4-6,15-16H2,1-3H3. The summed E-state index contributed by atoms with van der Waals surface area (Å²) in [5.41, 5.74) is 4.61. The van der Waals surface area contributed by atoms with E-state index < -0.39 is 15.6 Å². The van der Waals surface area contributed by atoms with Crippen LogP contribution in [0.2, 0.25) is 0 Å². The van der Waals surface area contributed by atoms with Crippen molar-refractivity contribution in [1.29, 1.82) is 0 Å². The first-order valence-corrected chi connectivity index (χ1v) is 11.8. The van der Waals surface area contributed by atoms with E-state index in [1.165, 1.54) is 5.56 Å². The van der Waals surface area contributed by atoms with Crippen LogP contribution >= 0.6 is 0 Å². The third-order valence-electron chi connectivity index (χ3n) is 4.97. The number of aromatic nitrogens is 1. The number of benzene rings is 2. The summed E-state index contributed by atoms with van der Waals surface area (Å²) in [6, 6.07) is 15.8. The Morgan fingerprint density at radius 1 is 0.933 bits per heavy atom. The summed E-state index contributed by atoms with van der Waals surface area (Å²) in [6.07, 6.45) is 1.64. The first-order chi connectivity index (χ1) is 14.2. The maximum absolute atomic E-state index is 12.5. The zero-order chi connectivity index (χ0) is 21.7. The zero-order valence-electron chi connectivity index (χ0n) is 17.6. The molecule has 0 bridgehead atoms. The summed E-state index contributed by atoms with van der Waals surface area (Å²) in [5, 5.41) is 0. The Bertz CT molecular complexity index is 1110. The first kappa shape index (κ1) is 22.0. The molecule has 0 radical (unpaired) electrons. The molecule has 0 saturated carbocycles. The minimum absolute atomic E-state index is 0.250. The van der Waals surface area contributed by atoms with Gasteiger partial charge >= 0.3 is 0 Å². The summed E-state index contributed by atoms with van der Waals surface area (Å²) in [7, 11) is -3.60. The number of carbonyl (C=O) groups excluding carboxylic acids is 1. The van der Waals surface area contributed by atoms with E-state index in [4.69, 9.17) is 4.42 Å². The van der Waals surface area contributed by atoms with Crippen molar-refractivity contribution in [2.24, 2.45) is 0 Å². The van der Waals surface area contributed by atoms with Crippen molar-refractivity contribution in [3.05, 3.63) is 76.7 Å². The Labute approximate surface area is 178 Å². The SMILES string of the molecule is Cc1ccc(CCCC(=O)CS(=O)(=O)Cc2nc(-c3ccc(C)cc3)oc2C)cc1. The highest BCUT2D eigenvalue weighted by Crippen LogP contribution is 2.23. The molecule has 6 heteroatoms. The Hall–Kier alpha value is -2.73. The van der Waals surface area contributed by atoms with Gasteiger partial charge in [0.05, 0.1) is 11.4 Å². The van der Waals surface area contributed by atoms with Gasteiger partial charge in [-0.2, -0.15) is 0 Å². The number of hydrogen-bond donors (Lipinski definition) is 0. The van der Waals surface area contributed by atoms with E-state index in [2.05, 4.69) is 4.98 Å². The van der Waals surface area contributed by atoms with E-state index in [1.54, 1.807) is 6.92 Å². The summed E-state index contributed by atoms with van der Waals surface area (Å²) in [6.45, 7) is 5.71. The summed E-state index contributed by atoms with van der Waals surface area (Å²) >= 11 is 0. The van der Waals surface area contributed by atoms with Crippen LogP contribution in [0.5, 0.6) is 0 Å². The molecule has 0 aliphatic rings. The number of rotatable bonds is 9. The molecule has 0 fully saturated rings. The number of ketones is 1. The molecular formula is C24H27NO4S. The smallest absolute Gasteiger partial charge is 0.226 e. The topological polar surface area (TPSA) is 77.2 Å². The van der Waals surface area contributed by atoms with Gasteiger partial charge in [0.2, 0.25) is 5.89 Å². The molecule has 3 rings (SSSR count). The van der Waals surface area contributed by atoms with E-state index in [0.29, 0.717) is 23.8 Å². The molecule has 0 aliphatic heterocycles. The molecule has 158 valence electrons. The lowest BCUT2D eigenvalue weighted by molar-refractivity contribution is -0.116. The fourth-order valence-corrected chi connectivity index (χ4v) is 4.62. The van der Waals surface area contributed by atoms with Crippen molar-refractivity contribution >= 4 is 15.6 Å². The average Bonchev–Trinajstić information content (AvgIpc) is 3.03. The van der Waals surface area contributed by atoms with E-state index >= 15 is 0 Å². The second kappa shape index (κ2) is 9.39. The van der Waals surface area contributed by atoms with E-state index in [0.717, 1.165) is 23.1 Å². The summed E-state index contributed by atoms with van der Waals surface area (Å²) < 4.78 is 30.7. The molecule has 0 aliphatic carbocycles. The third kappa shape index (κ3) is 6.13. The van der Waals surface area contributed by atoms with Gasteiger partial charge in [-0.25, -0.2) is 13.4 Å². The van der Waals surface area contributed by atoms with Crippen molar-refractivity contribution < 1.29 is 17.6 Å². The largest absolute Gasteiger partial charge is 0.441 e. The van der Waals surface area contributed by atoms with Gasteiger partial charge in [-0.05, 0) is 51.3 Å². The van der Waals surface area contributed by atoms with Crippen LogP contribution in [0.3, 0.4) is 0 Å². The Morgan fingerprint density at radius 3 is 2.17 bits per heavy atom. The predicted octanol–water partition coefficient (Wildman–Crippen LogP) is 4.77. The molecular weight excluding hydrogens is 398 g/mol. The number of sulfone groups is 1.